The van der Waals surface area contributed by atoms with Gasteiger partial charge in [0.2, 0.25) is 0 Å². The second-order valence-electron chi connectivity index (χ2n) is 6.69. The third-order valence-corrected chi connectivity index (χ3v) is 4.55. The summed E-state index contributed by atoms with van der Waals surface area (Å²) >= 11 is 0. The zero-order chi connectivity index (χ0) is 22.6. The highest BCUT2D eigenvalue weighted by Crippen LogP contribution is 2.40. The molecule has 0 aromatic heterocycles. The molecule has 0 saturated carbocycles. The van der Waals surface area contributed by atoms with Gasteiger partial charge < -0.3 is 19.5 Å². The van der Waals surface area contributed by atoms with E-state index in [0.29, 0.717) is 5.56 Å². The number of ether oxygens (including phenoxy) is 3. The molecule has 1 heterocycles. The molecule has 31 heavy (non-hydrogen) atoms. The van der Waals surface area contributed by atoms with Crippen LogP contribution in [0.1, 0.15) is 21.5 Å². The average Bonchev–Trinajstić information content (AvgIpc) is 2.74. The van der Waals surface area contributed by atoms with Crippen molar-refractivity contribution in [3.8, 4) is 5.75 Å². The molecule has 1 N–H and O–H groups in total. The van der Waals surface area contributed by atoms with Crippen molar-refractivity contribution in [2.45, 2.75) is 19.6 Å². The number of benzene rings is 2. The Kier molecular flexibility index (Phi) is 6.38. The number of esters is 1. The lowest BCUT2D eigenvalue weighted by atomic mass is 10.1. The van der Waals surface area contributed by atoms with E-state index in [4.69, 9.17) is 4.74 Å². The van der Waals surface area contributed by atoms with Crippen molar-refractivity contribution in [1.82, 2.24) is 5.32 Å². The first kappa shape index (κ1) is 22.0. The summed E-state index contributed by atoms with van der Waals surface area (Å²) in [6.07, 6.45) is -4.85. The lowest BCUT2D eigenvalue weighted by molar-refractivity contribution is -0.192. The molecule has 2 amide bonds. The van der Waals surface area contributed by atoms with Crippen molar-refractivity contribution >= 4 is 23.7 Å². The molecular weight excluding hydrogens is 414 g/mol. The van der Waals surface area contributed by atoms with E-state index in [-0.39, 0.29) is 36.7 Å². The van der Waals surface area contributed by atoms with E-state index in [0.717, 1.165) is 10.5 Å². The molecule has 8 nitrogen and oxygen atoms in total. The van der Waals surface area contributed by atoms with Crippen molar-refractivity contribution in [2.75, 3.05) is 25.1 Å². The number of alkyl halides is 2. The number of fused-ring (bicyclic) bond motifs is 1. The number of halogens is 2. The maximum absolute atomic E-state index is 14.1. The van der Waals surface area contributed by atoms with Crippen LogP contribution in [0.4, 0.5) is 19.3 Å². The van der Waals surface area contributed by atoms with Crippen LogP contribution in [-0.2, 0) is 20.9 Å². The molecule has 2 aromatic carbocycles. The molecule has 0 spiro atoms. The minimum Gasteiger partial charge on any atom is -0.465 e. The third-order valence-electron chi connectivity index (χ3n) is 4.55. The Morgan fingerprint density at radius 2 is 1.90 bits per heavy atom. The molecule has 0 radical (unpaired) electrons. The smallest absolute Gasteiger partial charge is 0.465 e. The monoisotopic (exact) mass is 434 g/mol. The van der Waals surface area contributed by atoms with Gasteiger partial charge in [-0.3, -0.25) is 9.69 Å². The second-order valence-corrected chi connectivity index (χ2v) is 6.69. The van der Waals surface area contributed by atoms with Crippen LogP contribution < -0.4 is 15.0 Å². The molecule has 1 aliphatic heterocycles. The number of hydrogen-bond acceptors (Lipinski definition) is 6. The summed E-state index contributed by atoms with van der Waals surface area (Å²) in [5.41, 5.74) is 1.20. The van der Waals surface area contributed by atoms with E-state index in [1.54, 1.807) is 24.3 Å². The molecule has 0 unspecified atom stereocenters. The minimum absolute atomic E-state index is 0.0265. The molecule has 0 fully saturated rings. The Balaban J connectivity index is 1.70. The number of methoxy groups -OCH3 is 1. The van der Waals surface area contributed by atoms with Gasteiger partial charge in [0.15, 0.2) is 5.75 Å². The highest BCUT2D eigenvalue weighted by atomic mass is 19.3. The van der Waals surface area contributed by atoms with E-state index < -0.39 is 24.1 Å². The summed E-state index contributed by atoms with van der Waals surface area (Å²) < 4.78 is 42.4. The molecule has 1 aliphatic rings. The Bertz CT molecular complexity index is 997. The van der Waals surface area contributed by atoms with Gasteiger partial charge in [-0.05, 0) is 30.2 Å². The molecular formula is C21H20F2N2O6. The number of alkyl carbamates (subject to hydrolysis) is 1. The number of hydrogen-bond donors (Lipinski definition) is 1. The Hall–Kier alpha value is -3.69. The van der Waals surface area contributed by atoms with Gasteiger partial charge in [0.25, 0.3) is 0 Å². The SMILES string of the molecule is COC(=O)c1cc2c(cc1C)OC(F)(F)C(=O)N2CCNC(=O)OCc1ccccc1. The zero-order valence-corrected chi connectivity index (χ0v) is 16.8. The largest absolute Gasteiger partial charge is 0.482 e. The van der Waals surface area contributed by atoms with E-state index in [1.165, 1.54) is 26.2 Å². The number of rotatable bonds is 6. The maximum atomic E-state index is 14.1. The fourth-order valence-electron chi connectivity index (χ4n) is 3.01. The van der Waals surface area contributed by atoms with Crippen LogP contribution in [0.15, 0.2) is 42.5 Å². The summed E-state index contributed by atoms with van der Waals surface area (Å²) in [5, 5.41) is 2.41. The number of amides is 2. The Morgan fingerprint density at radius 3 is 2.58 bits per heavy atom. The molecule has 164 valence electrons. The van der Waals surface area contributed by atoms with Gasteiger partial charge in [-0.15, -0.1) is 0 Å². The van der Waals surface area contributed by atoms with Crippen LogP contribution in [0.25, 0.3) is 0 Å². The van der Waals surface area contributed by atoms with Crippen LogP contribution in [0, 0.1) is 6.92 Å². The van der Waals surface area contributed by atoms with Crippen molar-refractivity contribution in [3.05, 3.63) is 59.2 Å². The van der Waals surface area contributed by atoms with Crippen LogP contribution in [0.3, 0.4) is 0 Å². The number of anilines is 1. The predicted molar refractivity (Wildman–Crippen MR) is 105 cm³/mol. The fourth-order valence-corrected chi connectivity index (χ4v) is 3.01. The van der Waals surface area contributed by atoms with Crippen LogP contribution in [-0.4, -0.2) is 44.3 Å². The third kappa shape index (κ3) is 4.90. The number of aryl methyl sites for hydroxylation is 1. The van der Waals surface area contributed by atoms with Crippen molar-refractivity contribution < 1.29 is 37.4 Å². The lowest BCUT2D eigenvalue weighted by Gasteiger charge is -2.34. The maximum Gasteiger partial charge on any atom is 0.482 e. The topological polar surface area (TPSA) is 94.2 Å². The average molecular weight is 434 g/mol. The molecule has 2 aromatic rings. The summed E-state index contributed by atoms with van der Waals surface area (Å²) in [4.78, 5) is 36.8. The molecule has 3 rings (SSSR count). The quantitative estimate of drug-likeness (QED) is 0.703. The second kappa shape index (κ2) is 8.99. The molecule has 0 saturated heterocycles. The minimum atomic E-state index is -4.08. The number of nitrogens with one attached hydrogen (secondary N) is 1. The first-order valence-electron chi connectivity index (χ1n) is 9.29. The lowest BCUT2D eigenvalue weighted by Crippen LogP contribution is -2.52. The fraction of sp³-hybridized carbons (Fsp3) is 0.286. The van der Waals surface area contributed by atoms with Gasteiger partial charge in [-0.25, -0.2) is 9.59 Å². The normalized spacial score (nSPS) is 14.3. The van der Waals surface area contributed by atoms with E-state index in [1.807, 2.05) is 6.07 Å². The standard InChI is InChI=1S/C21H20F2N2O6/c1-13-10-17-16(11-15(13)18(26)29-2)25(19(27)21(22,23)31-17)9-8-24-20(28)30-12-14-6-4-3-5-7-14/h3-7,10-11H,8-9,12H2,1-2H3,(H,24,28). The first-order valence-corrected chi connectivity index (χ1v) is 9.29. The van der Waals surface area contributed by atoms with Crippen LogP contribution >= 0.6 is 0 Å². The summed E-state index contributed by atoms with van der Waals surface area (Å²) in [5.74, 6) is -2.56. The molecule has 10 heteroatoms. The summed E-state index contributed by atoms with van der Waals surface area (Å²) in [6.45, 7) is 1.09. The van der Waals surface area contributed by atoms with Crippen molar-refractivity contribution in [3.63, 3.8) is 0 Å². The van der Waals surface area contributed by atoms with Gasteiger partial charge >= 0.3 is 24.1 Å². The van der Waals surface area contributed by atoms with Crippen LogP contribution in [0.2, 0.25) is 0 Å². The first-order chi connectivity index (χ1) is 14.7. The van der Waals surface area contributed by atoms with E-state index in [2.05, 4.69) is 14.8 Å². The molecule has 0 atom stereocenters. The number of carbonyl (C=O) groups excluding carboxylic acids is 3. The van der Waals surface area contributed by atoms with Crippen LogP contribution in [0.5, 0.6) is 5.75 Å². The molecule has 0 aliphatic carbocycles. The van der Waals surface area contributed by atoms with Gasteiger partial charge in [0.1, 0.15) is 6.61 Å². The highest BCUT2D eigenvalue weighted by molar-refractivity contribution is 6.03. The van der Waals surface area contributed by atoms with Gasteiger partial charge in [-0.2, -0.15) is 8.78 Å². The number of carbonyl (C=O) groups is 3. The van der Waals surface area contributed by atoms with Crippen molar-refractivity contribution in [1.29, 1.82) is 0 Å². The highest BCUT2D eigenvalue weighted by Gasteiger charge is 2.50. The zero-order valence-electron chi connectivity index (χ0n) is 16.8. The van der Waals surface area contributed by atoms with Crippen molar-refractivity contribution in [2.24, 2.45) is 0 Å². The Morgan fingerprint density at radius 1 is 1.19 bits per heavy atom. The Labute approximate surface area is 176 Å². The summed E-state index contributed by atoms with van der Waals surface area (Å²) in [7, 11) is 1.18. The van der Waals surface area contributed by atoms with Gasteiger partial charge in [0, 0.05) is 13.1 Å². The van der Waals surface area contributed by atoms with E-state index in [9.17, 15) is 23.2 Å². The predicted octanol–water partition coefficient (Wildman–Crippen LogP) is 3.03. The van der Waals surface area contributed by atoms with Gasteiger partial charge in [0.05, 0.1) is 18.4 Å². The number of nitrogens with zero attached hydrogens (tertiary/aromatic N) is 1. The molecule has 0 bridgehead atoms. The summed E-state index contributed by atoms with van der Waals surface area (Å²) in [6, 6.07) is 11.4. The van der Waals surface area contributed by atoms with E-state index >= 15 is 0 Å². The van der Waals surface area contributed by atoms with Gasteiger partial charge in [-0.1, -0.05) is 30.3 Å².